The number of rotatable bonds is 6. The van der Waals surface area contributed by atoms with Crippen LogP contribution in [0.15, 0.2) is 12.1 Å². The SMILES string of the molecule is COc1cc(CNC2CC2)cc(Cl)c1OC(C)C. The van der Waals surface area contributed by atoms with Crippen LogP contribution < -0.4 is 14.8 Å². The van der Waals surface area contributed by atoms with Gasteiger partial charge in [-0.2, -0.15) is 0 Å². The molecule has 1 aromatic rings. The van der Waals surface area contributed by atoms with E-state index in [4.69, 9.17) is 21.1 Å². The number of halogens is 1. The minimum Gasteiger partial charge on any atom is -0.493 e. The fraction of sp³-hybridized carbons (Fsp3) is 0.571. The Labute approximate surface area is 113 Å². The lowest BCUT2D eigenvalue weighted by molar-refractivity contribution is 0.230. The average Bonchev–Trinajstić information content (AvgIpc) is 3.12. The van der Waals surface area contributed by atoms with Crippen LogP contribution in [0.4, 0.5) is 0 Å². The van der Waals surface area contributed by atoms with Crippen molar-refractivity contribution in [2.45, 2.75) is 45.4 Å². The van der Waals surface area contributed by atoms with Crippen molar-refractivity contribution < 1.29 is 9.47 Å². The summed E-state index contributed by atoms with van der Waals surface area (Å²) < 4.78 is 11.0. The molecule has 3 nitrogen and oxygen atoms in total. The summed E-state index contributed by atoms with van der Waals surface area (Å²) in [4.78, 5) is 0. The Morgan fingerprint density at radius 1 is 1.39 bits per heavy atom. The van der Waals surface area contributed by atoms with Crippen LogP contribution in [0.2, 0.25) is 5.02 Å². The first-order chi connectivity index (χ1) is 8.60. The zero-order valence-electron chi connectivity index (χ0n) is 11.1. The molecule has 1 saturated carbocycles. The quantitative estimate of drug-likeness (QED) is 0.859. The number of hydrogen-bond acceptors (Lipinski definition) is 3. The lowest BCUT2D eigenvalue weighted by atomic mass is 10.2. The highest BCUT2D eigenvalue weighted by molar-refractivity contribution is 6.32. The van der Waals surface area contributed by atoms with Gasteiger partial charge < -0.3 is 14.8 Å². The lowest BCUT2D eigenvalue weighted by Gasteiger charge is -2.16. The number of ether oxygens (including phenoxy) is 2. The Balaban J connectivity index is 2.15. The molecule has 0 aliphatic heterocycles. The van der Waals surface area contributed by atoms with Gasteiger partial charge in [0.05, 0.1) is 18.2 Å². The van der Waals surface area contributed by atoms with Gasteiger partial charge in [-0.25, -0.2) is 0 Å². The Kier molecular flexibility index (Phi) is 4.36. The van der Waals surface area contributed by atoms with Crippen molar-refractivity contribution in [2.75, 3.05) is 7.11 Å². The van der Waals surface area contributed by atoms with Crippen molar-refractivity contribution in [3.8, 4) is 11.5 Å². The zero-order valence-corrected chi connectivity index (χ0v) is 11.9. The molecule has 0 unspecified atom stereocenters. The van der Waals surface area contributed by atoms with E-state index in [1.54, 1.807) is 7.11 Å². The normalized spacial score (nSPS) is 14.9. The molecular formula is C14H20ClNO2. The smallest absolute Gasteiger partial charge is 0.180 e. The van der Waals surface area contributed by atoms with Gasteiger partial charge in [0.1, 0.15) is 0 Å². The predicted molar refractivity (Wildman–Crippen MR) is 73.6 cm³/mol. The third-order valence-corrected chi connectivity index (χ3v) is 3.10. The Hall–Kier alpha value is -0.930. The van der Waals surface area contributed by atoms with Gasteiger partial charge in [0.2, 0.25) is 0 Å². The number of hydrogen-bond donors (Lipinski definition) is 1. The molecule has 0 spiro atoms. The first kappa shape index (κ1) is 13.5. The van der Waals surface area contributed by atoms with Crippen molar-refractivity contribution in [3.05, 3.63) is 22.7 Å². The summed E-state index contributed by atoms with van der Waals surface area (Å²) in [5, 5.41) is 4.06. The maximum absolute atomic E-state index is 6.26. The maximum Gasteiger partial charge on any atom is 0.180 e. The summed E-state index contributed by atoms with van der Waals surface area (Å²) >= 11 is 6.26. The highest BCUT2D eigenvalue weighted by Crippen LogP contribution is 2.37. The molecule has 1 fully saturated rings. The molecule has 0 atom stereocenters. The van der Waals surface area contributed by atoms with Crippen molar-refractivity contribution in [2.24, 2.45) is 0 Å². The first-order valence-corrected chi connectivity index (χ1v) is 6.74. The summed E-state index contributed by atoms with van der Waals surface area (Å²) in [5.74, 6) is 1.33. The zero-order chi connectivity index (χ0) is 13.1. The van der Waals surface area contributed by atoms with Gasteiger partial charge in [-0.1, -0.05) is 11.6 Å². The van der Waals surface area contributed by atoms with E-state index in [0.717, 1.165) is 12.1 Å². The molecule has 1 aliphatic rings. The Morgan fingerprint density at radius 2 is 2.11 bits per heavy atom. The predicted octanol–water partition coefficient (Wildman–Crippen LogP) is 3.39. The van der Waals surface area contributed by atoms with E-state index in [2.05, 4.69) is 5.32 Å². The highest BCUT2D eigenvalue weighted by Gasteiger charge is 2.20. The third kappa shape index (κ3) is 3.53. The second-order valence-electron chi connectivity index (χ2n) is 4.93. The van der Waals surface area contributed by atoms with E-state index in [-0.39, 0.29) is 6.10 Å². The minimum atomic E-state index is 0.0758. The molecule has 100 valence electrons. The summed E-state index contributed by atoms with van der Waals surface area (Å²) in [6.07, 6.45) is 2.63. The first-order valence-electron chi connectivity index (χ1n) is 6.36. The van der Waals surface area contributed by atoms with Crippen LogP contribution in [0.1, 0.15) is 32.3 Å². The van der Waals surface area contributed by atoms with Gasteiger partial charge in [0, 0.05) is 12.6 Å². The maximum atomic E-state index is 6.26. The second kappa shape index (κ2) is 5.81. The van der Waals surface area contributed by atoms with E-state index in [1.807, 2.05) is 26.0 Å². The van der Waals surface area contributed by atoms with Crippen molar-refractivity contribution in [1.82, 2.24) is 5.32 Å². The van der Waals surface area contributed by atoms with Crippen LogP contribution in [0.25, 0.3) is 0 Å². The monoisotopic (exact) mass is 269 g/mol. The summed E-state index contributed by atoms with van der Waals surface area (Å²) in [7, 11) is 1.64. The van der Waals surface area contributed by atoms with Crippen LogP contribution in [-0.2, 0) is 6.54 Å². The molecule has 4 heteroatoms. The van der Waals surface area contributed by atoms with E-state index in [1.165, 1.54) is 12.8 Å². The molecule has 0 heterocycles. The van der Waals surface area contributed by atoms with Crippen molar-refractivity contribution >= 4 is 11.6 Å². The molecule has 2 rings (SSSR count). The average molecular weight is 270 g/mol. The van der Waals surface area contributed by atoms with Crippen molar-refractivity contribution in [3.63, 3.8) is 0 Å². The Bertz CT molecular complexity index is 417. The van der Waals surface area contributed by atoms with E-state index in [0.29, 0.717) is 22.6 Å². The highest BCUT2D eigenvalue weighted by atomic mass is 35.5. The molecule has 0 aromatic heterocycles. The van der Waals surface area contributed by atoms with Crippen LogP contribution in [0.3, 0.4) is 0 Å². The van der Waals surface area contributed by atoms with Crippen LogP contribution in [0, 0.1) is 0 Å². The molecule has 1 N–H and O–H groups in total. The van der Waals surface area contributed by atoms with Gasteiger partial charge in [0.15, 0.2) is 11.5 Å². The third-order valence-electron chi connectivity index (χ3n) is 2.81. The molecule has 1 aromatic carbocycles. The molecule has 18 heavy (non-hydrogen) atoms. The standard InChI is InChI=1S/C14H20ClNO2/c1-9(2)18-14-12(15)6-10(7-13(14)17-3)8-16-11-4-5-11/h6-7,9,11,16H,4-5,8H2,1-3H3. The van der Waals surface area contributed by atoms with Crippen molar-refractivity contribution in [1.29, 1.82) is 0 Å². The molecule has 0 bridgehead atoms. The van der Waals surface area contributed by atoms with E-state index >= 15 is 0 Å². The minimum absolute atomic E-state index is 0.0758. The van der Waals surface area contributed by atoms with Gasteiger partial charge in [-0.3, -0.25) is 0 Å². The Morgan fingerprint density at radius 3 is 2.67 bits per heavy atom. The largest absolute Gasteiger partial charge is 0.493 e. The van der Waals surface area contributed by atoms with Gasteiger partial charge in [0.25, 0.3) is 0 Å². The van der Waals surface area contributed by atoms with Crippen LogP contribution in [-0.4, -0.2) is 19.3 Å². The fourth-order valence-electron chi connectivity index (χ4n) is 1.78. The number of nitrogens with one attached hydrogen (secondary N) is 1. The molecule has 1 aliphatic carbocycles. The van der Waals surface area contributed by atoms with Crippen LogP contribution in [0.5, 0.6) is 11.5 Å². The van der Waals surface area contributed by atoms with Gasteiger partial charge in [-0.15, -0.1) is 0 Å². The molecular weight excluding hydrogens is 250 g/mol. The van der Waals surface area contributed by atoms with E-state index in [9.17, 15) is 0 Å². The van der Waals surface area contributed by atoms with E-state index < -0.39 is 0 Å². The lowest BCUT2D eigenvalue weighted by Crippen LogP contribution is -2.15. The number of benzene rings is 1. The summed E-state index contributed by atoms with van der Waals surface area (Å²) in [5.41, 5.74) is 1.12. The van der Waals surface area contributed by atoms with Crippen LogP contribution >= 0.6 is 11.6 Å². The van der Waals surface area contributed by atoms with Gasteiger partial charge >= 0.3 is 0 Å². The topological polar surface area (TPSA) is 30.5 Å². The molecule has 0 radical (unpaired) electrons. The molecule has 0 saturated heterocycles. The summed E-state index contributed by atoms with van der Waals surface area (Å²) in [6.45, 7) is 4.76. The molecule has 0 amide bonds. The number of methoxy groups -OCH3 is 1. The summed E-state index contributed by atoms with van der Waals surface area (Å²) in [6, 6.07) is 4.61. The fourth-order valence-corrected chi connectivity index (χ4v) is 2.05. The second-order valence-corrected chi connectivity index (χ2v) is 5.34. The van der Waals surface area contributed by atoms with Gasteiger partial charge in [-0.05, 0) is 44.4 Å².